The van der Waals surface area contributed by atoms with Crippen molar-refractivity contribution < 1.29 is 9.53 Å². The molecule has 6 heteroatoms. The molecule has 1 amide bonds. The molecule has 0 spiro atoms. The normalized spacial score (nSPS) is 10.4. The molecule has 3 aromatic rings. The van der Waals surface area contributed by atoms with Gasteiger partial charge in [-0.3, -0.25) is 9.78 Å². The van der Waals surface area contributed by atoms with Crippen molar-refractivity contribution in [3.63, 3.8) is 0 Å². The van der Waals surface area contributed by atoms with E-state index in [9.17, 15) is 4.79 Å². The number of nitrogens with one attached hydrogen (secondary N) is 1. The molecule has 0 saturated heterocycles. The summed E-state index contributed by atoms with van der Waals surface area (Å²) in [6.45, 7) is 0.529. The van der Waals surface area contributed by atoms with Crippen molar-refractivity contribution in [2.75, 3.05) is 13.7 Å². The Bertz CT molecular complexity index is 818. The monoisotopic (exact) mass is 339 g/mol. The minimum Gasteiger partial charge on any atom is -0.497 e. The second-order valence-corrected chi connectivity index (χ2v) is 5.95. The van der Waals surface area contributed by atoms with Crippen LogP contribution in [0.25, 0.3) is 10.7 Å². The van der Waals surface area contributed by atoms with E-state index in [-0.39, 0.29) is 5.91 Å². The number of ether oxygens (including phenoxy) is 1. The highest BCUT2D eigenvalue weighted by molar-refractivity contribution is 7.13. The average Bonchev–Trinajstić information content (AvgIpc) is 3.11. The lowest BCUT2D eigenvalue weighted by Gasteiger charge is -2.05. The number of benzene rings is 1. The van der Waals surface area contributed by atoms with Crippen LogP contribution < -0.4 is 10.1 Å². The van der Waals surface area contributed by atoms with E-state index in [0.29, 0.717) is 24.3 Å². The van der Waals surface area contributed by atoms with Gasteiger partial charge in [0.05, 0.1) is 18.5 Å². The average molecular weight is 339 g/mol. The minimum absolute atomic E-state index is 0.117. The van der Waals surface area contributed by atoms with E-state index in [1.165, 1.54) is 0 Å². The standard InChI is InChI=1S/C18H17N3O2S/c1-23-15-6-4-5-13(11-15)17(22)20-10-8-14-12-24-18(21-14)16-7-2-3-9-19-16/h2-7,9,11-12H,8,10H2,1H3,(H,20,22). The summed E-state index contributed by atoms with van der Waals surface area (Å²) in [5.41, 5.74) is 2.41. The Hall–Kier alpha value is -2.73. The number of methoxy groups -OCH3 is 1. The lowest BCUT2D eigenvalue weighted by atomic mass is 10.2. The molecule has 2 aromatic heterocycles. The topological polar surface area (TPSA) is 64.1 Å². The fraction of sp³-hybridized carbons (Fsp3) is 0.167. The van der Waals surface area contributed by atoms with Gasteiger partial charge in [0.1, 0.15) is 10.8 Å². The smallest absolute Gasteiger partial charge is 0.251 e. The van der Waals surface area contributed by atoms with Crippen LogP contribution >= 0.6 is 11.3 Å². The number of rotatable bonds is 6. The molecule has 0 fully saturated rings. The summed E-state index contributed by atoms with van der Waals surface area (Å²) in [7, 11) is 1.58. The van der Waals surface area contributed by atoms with Gasteiger partial charge in [-0.25, -0.2) is 4.98 Å². The van der Waals surface area contributed by atoms with Crippen LogP contribution in [-0.2, 0) is 6.42 Å². The maximum absolute atomic E-state index is 12.1. The SMILES string of the molecule is COc1cccc(C(=O)NCCc2csc(-c3ccccn3)n2)c1. The molecule has 2 heterocycles. The zero-order valence-electron chi connectivity index (χ0n) is 13.2. The van der Waals surface area contributed by atoms with Gasteiger partial charge in [0, 0.05) is 30.1 Å². The van der Waals surface area contributed by atoms with Crippen LogP contribution in [0.15, 0.2) is 54.0 Å². The Kier molecular flexibility index (Phi) is 5.18. The Morgan fingerprint density at radius 2 is 2.17 bits per heavy atom. The maximum atomic E-state index is 12.1. The van der Waals surface area contributed by atoms with Crippen LogP contribution in [0.5, 0.6) is 5.75 Å². The summed E-state index contributed by atoms with van der Waals surface area (Å²) in [5, 5.41) is 5.80. The van der Waals surface area contributed by atoms with E-state index in [2.05, 4.69) is 15.3 Å². The van der Waals surface area contributed by atoms with Gasteiger partial charge in [-0.05, 0) is 30.3 Å². The largest absolute Gasteiger partial charge is 0.497 e. The van der Waals surface area contributed by atoms with Crippen molar-refractivity contribution in [3.8, 4) is 16.5 Å². The number of carbonyl (C=O) groups excluding carboxylic acids is 1. The second kappa shape index (κ2) is 7.70. The quantitative estimate of drug-likeness (QED) is 0.749. The Morgan fingerprint density at radius 1 is 1.25 bits per heavy atom. The molecule has 5 nitrogen and oxygen atoms in total. The molecule has 122 valence electrons. The highest BCUT2D eigenvalue weighted by Crippen LogP contribution is 2.21. The van der Waals surface area contributed by atoms with Gasteiger partial charge in [0.25, 0.3) is 5.91 Å². The first-order valence-corrected chi connectivity index (χ1v) is 8.42. The molecule has 0 atom stereocenters. The molecule has 1 N–H and O–H groups in total. The van der Waals surface area contributed by atoms with Gasteiger partial charge >= 0.3 is 0 Å². The minimum atomic E-state index is -0.117. The molecular formula is C18H17N3O2S. The molecule has 0 aliphatic carbocycles. The lowest BCUT2D eigenvalue weighted by molar-refractivity contribution is 0.0953. The number of carbonyl (C=O) groups is 1. The van der Waals surface area contributed by atoms with Crippen LogP contribution in [-0.4, -0.2) is 29.5 Å². The number of hydrogen-bond acceptors (Lipinski definition) is 5. The van der Waals surface area contributed by atoms with Crippen LogP contribution in [0, 0.1) is 0 Å². The number of amides is 1. The van der Waals surface area contributed by atoms with Gasteiger partial charge in [-0.1, -0.05) is 12.1 Å². The third-order valence-corrected chi connectivity index (χ3v) is 4.35. The highest BCUT2D eigenvalue weighted by atomic mass is 32.1. The fourth-order valence-electron chi connectivity index (χ4n) is 2.20. The summed E-state index contributed by atoms with van der Waals surface area (Å²) >= 11 is 1.56. The Morgan fingerprint density at radius 3 is 2.96 bits per heavy atom. The van der Waals surface area contributed by atoms with Gasteiger partial charge in [-0.2, -0.15) is 0 Å². The molecule has 0 aliphatic heterocycles. The molecule has 3 rings (SSSR count). The predicted molar refractivity (Wildman–Crippen MR) is 94.4 cm³/mol. The molecular weight excluding hydrogens is 322 g/mol. The zero-order chi connectivity index (χ0) is 16.8. The first-order chi connectivity index (χ1) is 11.8. The van der Waals surface area contributed by atoms with Gasteiger partial charge in [-0.15, -0.1) is 11.3 Å². The van der Waals surface area contributed by atoms with E-state index in [0.717, 1.165) is 16.4 Å². The number of aromatic nitrogens is 2. The van der Waals surface area contributed by atoms with Crippen molar-refractivity contribution in [2.45, 2.75) is 6.42 Å². The molecule has 1 aromatic carbocycles. The Labute approximate surface area is 144 Å². The summed E-state index contributed by atoms with van der Waals surface area (Å²) < 4.78 is 5.13. The number of thiazole rings is 1. The molecule has 0 bridgehead atoms. The van der Waals surface area contributed by atoms with Crippen LogP contribution in [0.2, 0.25) is 0 Å². The third kappa shape index (κ3) is 3.97. The van der Waals surface area contributed by atoms with E-state index in [1.807, 2.05) is 29.6 Å². The number of hydrogen-bond donors (Lipinski definition) is 1. The van der Waals surface area contributed by atoms with Crippen molar-refractivity contribution in [1.29, 1.82) is 0 Å². The molecule has 24 heavy (non-hydrogen) atoms. The summed E-state index contributed by atoms with van der Waals surface area (Å²) in [6, 6.07) is 12.9. The summed E-state index contributed by atoms with van der Waals surface area (Å²) in [4.78, 5) is 21.0. The second-order valence-electron chi connectivity index (χ2n) is 5.10. The van der Waals surface area contributed by atoms with Gasteiger partial charge in [0.15, 0.2) is 0 Å². The molecule has 0 saturated carbocycles. The van der Waals surface area contributed by atoms with Crippen molar-refractivity contribution in [3.05, 3.63) is 65.3 Å². The predicted octanol–water partition coefficient (Wildman–Crippen LogP) is 3.19. The first kappa shape index (κ1) is 16.1. The van der Waals surface area contributed by atoms with Crippen molar-refractivity contribution >= 4 is 17.2 Å². The van der Waals surface area contributed by atoms with Crippen LogP contribution in [0.1, 0.15) is 16.1 Å². The van der Waals surface area contributed by atoms with Crippen LogP contribution in [0.4, 0.5) is 0 Å². The van der Waals surface area contributed by atoms with Gasteiger partial charge < -0.3 is 10.1 Å². The number of pyridine rings is 1. The van der Waals surface area contributed by atoms with Gasteiger partial charge in [0.2, 0.25) is 0 Å². The van der Waals surface area contributed by atoms with E-state index in [1.54, 1.807) is 42.8 Å². The van der Waals surface area contributed by atoms with Crippen molar-refractivity contribution in [1.82, 2.24) is 15.3 Å². The Balaban J connectivity index is 1.55. The molecule has 0 unspecified atom stereocenters. The van der Waals surface area contributed by atoms with Crippen LogP contribution in [0.3, 0.4) is 0 Å². The highest BCUT2D eigenvalue weighted by Gasteiger charge is 2.08. The lowest BCUT2D eigenvalue weighted by Crippen LogP contribution is -2.25. The van der Waals surface area contributed by atoms with E-state index < -0.39 is 0 Å². The van der Waals surface area contributed by atoms with E-state index in [4.69, 9.17) is 4.74 Å². The molecule has 0 aliphatic rings. The third-order valence-electron chi connectivity index (χ3n) is 3.43. The zero-order valence-corrected chi connectivity index (χ0v) is 14.0. The number of nitrogens with zero attached hydrogens (tertiary/aromatic N) is 2. The fourth-order valence-corrected chi connectivity index (χ4v) is 3.03. The summed E-state index contributed by atoms with van der Waals surface area (Å²) in [5.74, 6) is 0.552. The molecule has 0 radical (unpaired) electrons. The maximum Gasteiger partial charge on any atom is 0.251 e. The van der Waals surface area contributed by atoms with Crippen molar-refractivity contribution in [2.24, 2.45) is 0 Å². The summed E-state index contributed by atoms with van der Waals surface area (Å²) in [6.07, 6.45) is 2.43. The first-order valence-electron chi connectivity index (χ1n) is 7.54. The van der Waals surface area contributed by atoms with E-state index >= 15 is 0 Å².